The first-order valence-electron chi connectivity index (χ1n) is 4.72. The van der Waals surface area contributed by atoms with E-state index >= 15 is 0 Å². The van der Waals surface area contributed by atoms with Crippen molar-refractivity contribution in [2.75, 3.05) is 6.54 Å². The summed E-state index contributed by atoms with van der Waals surface area (Å²) >= 11 is 0. The third-order valence-electron chi connectivity index (χ3n) is 1.91. The Bertz CT molecular complexity index is 277. The van der Waals surface area contributed by atoms with Crippen LogP contribution in [0.3, 0.4) is 0 Å². The topological polar surface area (TPSA) is 124 Å². The summed E-state index contributed by atoms with van der Waals surface area (Å²) in [6, 6.07) is -1.19. The van der Waals surface area contributed by atoms with Crippen molar-refractivity contribution in [3.05, 3.63) is 0 Å². The summed E-state index contributed by atoms with van der Waals surface area (Å²) in [6.45, 7) is 1.79. The number of hydrogen-bond acceptors (Lipinski definition) is 4. The molecule has 2 atom stereocenters. The molecule has 0 aliphatic heterocycles. The normalized spacial score (nSPS) is 14.1. The Morgan fingerprint density at radius 2 is 1.56 bits per heavy atom. The van der Waals surface area contributed by atoms with E-state index in [0.29, 0.717) is 0 Å². The highest BCUT2D eigenvalue weighted by Gasteiger charge is 2.21. The van der Waals surface area contributed by atoms with Crippen LogP contribution in [0.5, 0.6) is 0 Å². The molecule has 0 saturated heterocycles. The van der Waals surface area contributed by atoms with Crippen LogP contribution in [0.2, 0.25) is 0 Å². The van der Waals surface area contributed by atoms with E-state index in [-0.39, 0.29) is 18.9 Å². The van der Waals surface area contributed by atoms with E-state index in [9.17, 15) is 14.4 Å². The molecular weight excluding hydrogens is 218 g/mol. The van der Waals surface area contributed by atoms with Crippen LogP contribution in [0.1, 0.15) is 19.8 Å². The van der Waals surface area contributed by atoms with Gasteiger partial charge in [0.15, 0.2) is 0 Å². The Morgan fingerprint density at radius 1 is 1.06 bits per heavy atom. The maximum absolute atomic E-state index is 10.6. The Hall–Kier alpha value is -1.63. The van der Waals surface area contributed by atoms with Crippen LogP contribution in [-0.2, 0) is 14.4 Å². The molecule has 0 aromatic carbocycles. The van der Waals surface area contributed by atoms with Crippen molar-refractivity contribution >= 4 is 17.9 Å². The van der Waals surface area contributed by atoms with Gasteiger partial charge in [-0.2, -0.15) is 0 Å². The van der Waals surface area contributed by atoms with Crippen LogP contribution in [0, 0.1) is 5.92 Å². The fourth-order valence-corrected chi connectivity index (χ4v) is 1.14. The van der Waals surface area contributed by atoms with Crippen molar-refractivity contribution in [2.24, 2.45) is 5.92 Å². The Kier molecular flexibility index (Phi) is 6.09. The van der Waals surface area contributed by atoms with E-state index in [1.807, 2.05) is 0 Å². The molecule has 0 aliphatic rings. The Morgan fingerprint density at radius 3 is 1.94 bits per heavy atom. The molecule has 16 heavy (non-hydrogen) atoms. The third kappa shape index (κ3) is 6.77. The number of carboxylic acids is 3. The van der Waals surface area contributed by atoms with Crippen LogP contribution in [0.4, 0.5) is 0 Å². The van der Waals surface area contributed by atoms with Crippen molar-refractivity contribution in [1.82, 2.24) is 5.32 Å². The molecule has 4 N–H and O–H groups in total. The van der Waals surface area contributed by atoms with Crippen molar-refractivity contribution in [3.63, 3.8) is 0 Å². The summed E-state index contributed by atoms with van der Waals surface area (Å²) in [4.78, 5) is 31.3. The minimum absolute atomic E-state index is 0.0909. The molecule has 0 spiro atoms. The Labute approximate surface area is 92.1 Å². The second-order valence-electron chi connectivity index (χ2n) is 3.60. The van der Waals surface area contributed by atoms with Crippen molar-refractivity contribution in [2.45, 2.75) is 25.8 Å². The quantitative estimate of drug-likeness (QED) is 0.450. The highest BCUT2D eigenvalue weighted by Crippen LogP contribution is 2.01. The van der Waals surface area contributed by atoms with Crippen LogP contribution >= 0.6 is 0 Å². The zero-order valence-corrected chi connectivity index (χ0v) is 8.84. The number of carbonyl (C=O) groups is 3. The van der Waals surface area contributed by atoms with Gasteiger partial charge in [0.2, 0.25) is 0 Å². The van der Waals surface area contributed by atoms with Gasteiger partial charge in [-0.05, 0) is 12.5 Å². The molecule has 0 radical (unpaired) electrons. The van der Waals surface area contributed by atoms with Crippen molar-refractivity contribution in [3.8, 4) is 0 Å². The molecule has 0 bridgehead atoms. The fourth-order valence-electron chi connectivity index (χ4n) is 1.14. The van der Waals surface area contributed by atoms with E-state index in [4.69, 9.17) is 15.3 Å². The van der Waals surface area contributed by atoms with Gasteiger partial charge in [0.25, 0.3) is 0 Å². The average molecular weight is 233 g/mol. The van der Waals surface area contributed by atoms with Crippen LogP contribution in [0.25, 0.3) is 0 Å². The summed E-state index contributed by atoms with van der Waals surface area (Å²) < 4.78 is 0. The number of hydrogen-bond donors (Lipinski definition) is 4. The molecule has 0 rings (SSSR count). The predicted octanol–water partition coefficient (Wildman–Crippen LogP) is -0.385. The maximum Gasteiger partial charge on any atom is 0.321 e. The molecule has 0 heterocycles. The lowest BCUT2D eigenvalue weighted by Gasteiger charge is -2.15. The summed E-state index contributed by atoms with van der Waals surface area (Å²) in [6.07, 6.45) is -0.623. The summed E-state index contributed by atoms with van der Waals surface area (Å²) in [5.74, 6) is -3.71. The molecular formula is C9H15NO6. The monoisotopic (exact) mass is 233 g/mol. The van der Waals surface area contributed by atoms with Gasteiger partial charge in [-0.1, -0.05) is 6.92 Å². The highest BCUT2D eigenvalue weighted by atomic mass is 16.4. The molecule has 7 heteroatoms. The highest BCUT2D eigenvalue weighted by molar-refractivity contribution is 5.80. The first-order valence-corrected chi connectivity index (χ1v) is 4.72. The van der Waals surface area contributed by atoms with E-state index in [1.165, 1.54) is 0 Å². The molecule has 2 unspecified atom stereocenters. The van der Waals surface area contributed by atoms with Gasteiger partial charge in [-0.25, -0.2) is 0 Å². The molecule has 0 saturated carbocycles. The largest absolute Gasteiger partial charge is 0.481 e. The maximum atomic E-state index is 10.6. The number of nitrogens with one attached hydrogen (secondary N) is 1. The van der Waals surface area contributed by atoms with E-state index in [0.717, 1.165) is 0 Å². The van der Waals surface area contributed by atoms with E-state index in [2.05, 4.69) is 5.32 Å². The second kappa shape index (κ2) is 6.78. The van der Waals surface area contributed by atoms with Crippen LogP contribution < -0.4 is 5.32 Å². The minimum atomic E-state index is -1.26. The molecule has 0 aromatic rings. The molecule has 0 fully saturated rings. The van der Waals surface area contributed by atoms with Gasteiger partial charge >= 0.3 is 17.9 Å². The van der Waals surface area contributed by atoms with Crippen molar-refractivity contribution in [1.29, 1.82) is 0 Å². The van der Waals surface area contributed by atoms with E-state index in [1.54, 1.807) is 6.92 Å². The van der Waals surface area contributed by atoms with E-state index < -0.39 is 30.4 Å². The first kappa shape index (κ1) is 14.4. The molecule has 0 aromatic heterocycles. The van der Waals surface area contributed by atoms with Crippen LogP contribution in [0.15, 0.2) is 0 Å². The molecule has 7 nitrogen and oxygen atoms in total. The van der Waals surface area contributed by atoms with Crippen molar-refractivity contribution < 1.29 is 29.7 Å². The zero-order chi connectivity index (χ0) is 12.7. The SMILES string of the molecule is CC(CNC(CC(=O)O)C(=O)O)CC(=O)O. The fraction of sp³-hybridized carbons (Fsp3) is 0.667. The number of rotatable bonds is 8. The van der Waals surface area contributed by atoms with Gasteiger partial charge in [0, 0.05) is 6.42 Å². The number of carboxylic acid groups (broad SMARTS) is 3. The zero-order valence-electron chi connectivity index (χ0n) is 8.84. The lowest BCUT2D eigenvalue weighted by molar-refractivity contribution is -0.146. The summed E-state index contributed by atoms with van der Waals surface area (Å²) in [7, 11) is 0. The molecule has 92 valence electrons. The average Bonchev–Trinajstić information content (AvgIpc) is 2.09. The lowest BCUT2D eigenvalue weighted by Crippen LogP contribution is -2.40. The van der Waals surface area contributed by atoms with Gasteiger partial charge in [-0.3, -0.25) is 14.4 Å². The van der Waals surface area contributed by atoms with Gasteiger partial charge in [-0.15, -0.1) is 0 Å². The standard InChI is InChI=1S/C9H15NO6/c1-5(2-7(11)12)4-10-6(9(15)16)3-8(13)14/h5-6,10H,2-4H2,1H3,(H,11,12)(H,13,14)(H,15,16). The predicted molar refractivity (Wildman–Crippen MR) is 53.1 cm³/mol. The number of aliphatic carboxylic acids is 3. The van der Waals surface area contributed by atoms with Gasteiger partial charge in [0.1, 0.15) is 6.04 Å². The smallest absolute Gasteiger partial charge is 0.321 e. The second-order valence-corrected chi connectivity index (χ2v) is 3.60. The third-order valence-corrected chi connectivity index (χ3v) is 1.91. The van der Waals surface area contributed by atoms with Crippen LogP contribution in [-0.4, -0.2) is 45.8 Å². The first-order chi connectivity index (χ1) is 7.32. The van der Waals surface area contributed by atoms with Gasteiger partial charge < -0.3 is 20.6 Å². The lowest BCUT2D eigenvalue weighted by atomic mass is 10.1. The molecule has 0 amide bonds. The minimum Gasteiger partial charge on any atom is -0.481 e. The van der Waals surface area contributed by atoms with Gasteiger partial charge in [0.05, 0.1) is 6.42 Å². The molecule has 0 aliphatic carbocycles. The summed E-state index contributed by atoms with van der Waals surface area (Å²) in [5.41, 5.74) is 0. The Balaban J connectivity index is 4.06. The summed E-state index contributed by atoms with van der Waals surface area (Å²) in [5, 5.41) is 28.1.